The largest absolute Gasteiger partial charge is 0.477 e. The number of carbonyl (C=O) groups is 3. The average molecular weight is 591 g/mol. The van der Waals surface area contributed by atoms with Gasteiger partial charge in [0.1, 0.15) is 11.4 Å². The molecule has 9 nitrogen and oxygen atoms in total. The fourth-order valence-corrected chi connectivity index (χ4v) is 5.78. The van der Waals surface area contributed by atoms with Crippen molar-refractivity contribution in [1.29, 1.82) is 0 Å². The number of nitrogens with zero attached hydrogens (tertiary/aromatic N) is 3. The summed E-state index contributed by atoms with van der Waals surface area (Å²) < 4.78 is 17.0. The highest BCUT2D eigenvalue weighted by Gasteiger charge is 2.29. The van der Waals surface area contributed by atoms with Gasteiger partial charge in [-0.25, -0.2) is 9.18 Å². The Labute approximate surface area is 250 Å². The summed E-state index contributed by atoms with van der Waals surface area (Å²) in [5, 5.41) is 12.4. The number of rotatable bonds is 13. The van der Waals surface area contributed by atoms with Crippen molar-refractivity contribution in [1.82, 2.24) is 9.47 Å². The quantitative estimate of drug-likeness (QED) is 0.251. The number of hydrogen-bond donors (Lipinski definition) is 2. The first-order valence-corrected chi connectivity index (χ1v) is 15.3. The highest BCUT2D eigenvalue weighted by Crippen LogP contribution is 2.38. The summed E-state index contributed by atoms with van der Waals surface area (Å²) in [7, 11) is 0. The van der Waals surface area contributed by atoms with Gasteiger partial charge in [0.2, 0.25) is 17.2 Å². The lowest BCUT2D eigenvalue weighted by atomic mass is 10.1. The average Bonchev–Trinajstić information content (AvgIpc) is 3.84. The molecule has 1 aromatic heterocycles. The Kier molecular flexibility index (Phi) is 9.74. The van der Waals surface area contributed by atoms with Gasteiger partial charge in [0.05, 0.1) is 11.2 Å². The Balaban J connectivity index is 1.04. The summed E-state index contributed by atoms with van der Waals surface area (Å²) >= 11 is 0. The van der Waals surface area contributed by atoms with Crippen LogP contribution in [0, 0.1) is 5.82 Å². The molecule has 0 atom stereocenters. The summed E-state index contributed by atoms with van der Waals surface area (Å²) in [6.07, 6.45) is 9.85. The molecule has 5 rings (SSSR count). The number of amides is 2. The third kappa shape index (κ3) is 7.60. The molecule has 1 saturated heterocycles. The van der Waals surface area contributed by atoms with E-state index in [2.05, 4.69) is 5.32 Å². The number of pyridine rings is 1. The molecular formula is C33H39FN4O5. The van der Waals surface area contributed by atoms with Gasteiger partial charge < -0.3 is 24.8 Å². The molecule has 10 heteroatoms. The monoisotopic (exact) mass is 590 g/mol. The third-order valence-corrected chi connectivity index (χ3v) is 8.35. The highest BCUT2D eigenvalue weighted by atomic mass is 19.1. The number of carboxylic acids is 1. The Morgan fingerprint density at radius 1 is 0.884 bits per heavy atom. The van der Waals surface area contributed by atoms with Crippen molar-refractivity contribution < 1.29 is 23.9 Å². The van der Waals surface area contributed by atoms with E-state index in [0.717, 1.165) is 63.1 Å². The number of hydrogen-bond acceptors (Lipinski definition) is 5. The van der Waals surface area contributed by atoms with Crippen LogP contribution in [-0.4, -0.2) is 58.5 Å². The number of carboxylic acid groups (broad SMARTS) is 1. The van der Waals surface area contributed by atoms with Crippen LogP contribution in [0.15, 0.2) is 53.5 Å². The Bertz CT molecular complexity index is 1530. The SMILES string of the molecule is O=C(CCCCCCCCC(=O)N1CCN(c2cc3c(cc2F)c(=O)c(C(=O)O)cn3C2CC2)CC1)Nc1ccccc1. The maximum Gasteiger partial charge on any atom is 0.341 e. The molecule has 0 bridgehead atoms. The lowest BCUT2D eigenvalue weighted by Crippen LogP contribution is -2.49. The lowest BCUT2D eigenvalue weighted by molar-refractivity contribution is -0.131. The molecule has 43 heavy (non-hydrogen) atoms. The maximum atomic E-state index is 15.2. The summed E-state index contributed by atoms with van der Waals surface area (Å²) in [5.41, 5.74) is 0.711. The summed E-state index contributed by atoms with van der Waals surface area (Å²) in [6, 6.07) is 12.4. The standard InChI is InChI=1S/C33H39FN4O5/c34-27-20-25-28(38(24-14-15-24)22-26(32(25)41)33(42)43)21-29(27)36-16-18-37(19-17-36)31(40)13-9-4-2-1-3-8-12-30(39)35-23-10-6-5-7-11-23/h5-7,10-11,20-22,24H,1-4,8-9,12-19H2,(H,35,39)(H,42,43). The van der Waals surface area contributed by atoms with Gasteiger partial charge in [-0.2, -0.15) is 0 Å². The molecule has 1 saturated carbocycles. The minimum absolute atomic E-state index is 0.0353. The van der Waals surface area contributed by atoms with Gasteiger partial charge in [-0.1, -0.05) is 43.9 Å². The molecule has 2 fully saturated rings. The van der Waals surface area contributed by atoms with Crippen molar-refractivity contribution in [3.8, 4) is 0 Å². The Morgan fingerprint density at radius 3 is 2.19 bits per heavy atom. The van der Waals surface area contributed by atoms with E-state index < -0.39 is 17.2 Å². The van der Waals surface area contributed by atoms with E-state index in [9.17, 15) is 24.3 Å². The van der Waals surface area contributed by atoms with Gasteiger partial charge >= 0.3 is 5.97 Å². The van der Waals surface area contributed by atoms with Crippen LogP contribution < -0.4 is 15.6 Å². The van der Waals surface area contributed by atoms with Gasteiger partial charge in [0.25, 0.3) is 0 Å². The lowest BCUT2D eigenvalue weighted by Gasteiger charge is -2.36. The highest BCUT2D eigenvalue weighted by molar-refractivity contribution is 5.94. The van der Waals surface area contributed by atoms with Crippen LogP contribution in [-0.2, 0) is 9.59 Å². The van der Waals surface area contributed by atoms with Crippen molar-refractivity contribution in [3.05, 3.63) is 70.3 Å². The number of aromatic nitrogens is 1. The van der Waals surface area contributed by atoms with Gasteiger partial charge in [-0.15, -0.1) is 0 Å². The molecule has 1 aliphatic heterocycles. The first-order valence-electron chi connectivity index (χ1n) is 15.3. The summed E-state index contributed by atoms with van der Waals surface area (Å²) in [6.45, 7) is 1.95. The number of anilines is 2. The second kappa shape index (κ2) is 13.8. The second-order valence-electron chi connectivity index (χ2n) is 11.5. The molecule has 0 unspecified atom stereocenters. The summed E-state index contributed by atoms with van der Waals surface area (Å²) in [5.74, 6) is -1.73. The Morgan fingerprint density at radius 2 is 1.53 bits per heavy atom. The number of aromatic carboxylic acids is 1. The van der Waals surface area contributed by atoms with Gasteiger partial charge in [0, 0.05) is 62.3 Å². The van der Waals surface area contributed by atoms with Crippen LogP contribution in [0.1, 0.15) is 80.6 Å². The van der Waals surface area contributed by atoms with E-state index in [1.165, 1.54) is 6.20 Å². The van der Waals surface area contributed by atoms with E-state index in [1.807, 2.05) is 40.1 Å². The minimum atomic E-state index is -1.31. The maximum absolute atomic E-state index is 15.2. The second-order valence-corrected chi connectivity index (χ2v) is 11.5. The fourth-order valence-electron chi connectivity index (χ4n) is 5.78. The fraction of sp³-hybridized carbons (Fsp3) is 0.455. The number of fused-ring (bicyclic) bond motifs is 1. The molecule has 2 aliphatic rings. The zero-order valence-electron chi connectivity index (χ0n) is 24.4. The number of halogens is 1. The van der Waals surface area contributed by atoms with E-state index in [1.54, 1.807) is 10.6 Å². The van der Waals surface area contributed by atoms with E-state index in [0.29, 0.717) is 50.2 Å². The number of benzene rings is 2. The van der Waals surface area contributed by atoms with Crippen LogP contribution in [0.2, 0.25) is 0 Å². The van der Waals surface area contributed by atoms with Gasteiger partial charge in [-0.3, -0.25) is 14.4 Å². The molecule has 3 aromatic rings. The first-order chi connectivity index (χ1) is 20.8. The van der Waals surface area contributed by atoms with E-state index in [-0.39, 0.29) is 28.8 Å². The van der Waals surface area contributed by atoms with Crippen molar-refractivity contribution in [2.75, 3.05) is 36.4 Å². The number of unbranched alkanes of at least 4 members (excludes halogenated alkanes) is 5. The van der Waals surface area contributed by atoms with Crippen molar-refractivity contribution in [2.24, 2.45) is 0 Å². The van der Waals surface area contributed by atoms with E-state index >= 15 is 4.39 Å². The number of nitrogens with one attached hydrogen (secondary N) is 1. The van der Waals surface area contributed by atoms with Crippen molar-refractivity contribution in [3.63, 3.8) is 0 Å². The van der Waals surface area contributed by atoms with Crippen LogP contribution in [0.25, 0.3) is 10.9 Å². The van der Waals surface area contributed by atoms with Gasteiger partial charge in [0.15, 0.2) is 0 Å². The third-order valence-electron chi connectivity index (χ3n) is 8.35. The zero-order chi connectivity index (χ0) is 30.3. The normalized spacial score (nSPS) is 15.1. The number of piperazine rings is 1. The molecule has 2 amide bonds. The molecule has 0 radical (unpaired) electrons. The molecule has 0 spiro atoms. The predicted octanol–water partition coefficient (Wildman–Crippen LogP) is 5.58. The summed E-state index contributed by atoms with van der Waals surface area (Å²) in [4.78, 5) is 52.9. The molecule has 1 aliphatic carbocycles. The Hall–Kier alpha value is -4.21. The van der Waals surface area contributed by atoms with Crippen LogP contribution in [0.3, 0.4) is 0 Å². The number of para-hydroxylation sites is 1. The molecular weight excluding hydrogens is 551 g/mol. The topological polar surface area (TPSA) is 112 Å². The first kappa shape index (κ1) is 30.3. The number of carbonyl (C=O) groups excluding carboxylic acids is 2. The van der Waals surface area contributed by atoms with E-state index in [4.69, 9.17) is 0 Å². The molecule has 2 heterocycles. The predicted molar refractivity (Wildman–Crippen MR) is 164 cm³/mol. The van der Waals surface area contributed by atoms with Crippen LogP contribution >= 0.6 is 0 Å². The molecule has 2 aromatic carbocycles. The van der Waals surface area contributed by atoms with Gasteiger partial charge in [-0.05, 0) is 49.9 Å². The minimum Gasteiger partial charge on any atom is -0.477 e. The molecule has 2 N–H and O–H groups in total. The van der Waals surface area contributed by atoms with Crippen molar-refractivity contribution >= 4 is 40.1 Å². The smallest absolute Gasteiger partial charge is 0.341 e. The molecule has 228 valence electrons. The van der Waals surface area contributed by atoms with Crippen LogP contribution in [0.4, 0.5) is 15.8 Å². The zero-order valence-corrected chi connectivity index (χ0v) is 24.4. The van der Waals surface area contributed by atoms with Crippen molar-refractivity contribution in [2.45, 2.75) is 70.3 Å². The van der Waals surface area contributed by atoms with Crippen LogP contribution in [0.5, 0.6) is 0 Å².